The number of halogens is 1. The highest BCUT2D eigenvalue weighted by Gasteiger charge is 2.35. The number of carbonyl (C=O) groups is 1. The average molecular weight is 495 g/mol. The van der Waals surface area contributed by atoms with Gasteiger partial charge in [-0.1, -0.05) is 75.0 Å². The molecule has 0 saturated carbocycles. The number of benzene rings is 2. The maximum atomic E-state index is 14.1. The molecule has 1 unspecified atom stereocenters. The number of anilines is 1. The number of carbonyl (C=O) groups excluding carboxylic acids is 1. The van der Waals surface area contributed by atoms with Crippen molar-refractivity contribution in [2.45, 2.75) is 70.0 Å². The van der Waals surface area contributed by atoms with Crippen molar-refractivity contribution in [3.63, 3.8) is 0 Å². The van der Waals surface area contributed by atoms with E-state index in [2.05, 4.69) is 43.2 Å². The Kier molecular flexibility index (Phi) is 7.03. The quantitative estimate of drug-likeness (QED) is 0.323. The van der Waals surface area contributed by atoms with Crippen molar-refractivity contribution in [1.29, 1.82) is 0 Å². The Morgan fingerprint density at radius 1 is 1.17 bits per heavy atom. The highest BCUT2D eigenvalue weighted by atomic mass is 32.2. The van der Waals surface area contributed by atoms with Crippen LogP contribution in [0.2, 0.25) is 0 Å². The van der Waals surface area contributed by atoms with Crippen LogP contribution in [0.4, 0.5) is 10.3 Å². The largest absolute Gasteiger partial charge is 0.459 e. The summed E-state index contributed by atoms with van der Waals surface area (Å²) >= 11 is 1.35. The van der Waals surface area contributed by atoms with E-state index in [-0.39, 0.29) is 17.3 Å². The number of thioether (sulfide) groups is 1. The van der Waals surface area contributed by atoms with Gasteiger partial charge in [0.25, 0.3) is 0 Å². The lowest BCUT2D eigenvalue weighted by Gasteiger charge is -2.29. The highest BCUT2D eigenvalue weighted by molar-refractivity contribution is 7.98. The maximum absolute atomic E-state index is 14.1. The molecular weight excluding hydrogens is 463 g/mol. The molecule has 0 bridgehead atoms. The van der Waals surface area contributed by atoms with Crippen molar-refractivity contribution >= 4 is 23.7 Å². The lowest BCUT2D eigenvalue weighted by molar-refractivity contribution is -0.143. The van der Waals surface area contributed by atoms with Gasteiger partial charge in [-0.05, 0) is 48.9 Å². The molecule has 0 radical (unpaired) electrons. The Labute approximate surface area is 210 Å². The van der Waals surface area contributed by atoms with Crippen LogP contribution in [0.3, 0.4) is 0 Å². The molecule has 1 N–H and O–H groups in total. The molecule has 2 aromatic carbocycles. The molecule has 4 rings (SSSR count). The van der Waals surface area contributed by atoms with Crippen molar-refractivity contribution in [2.24, 2.45) is 0 Å². The second-order valence-corrected chi connectivity index (χ2v) is 10.9. The van der Waals surface area contributed by atoms with Crippen LogP contribution in [0.25, 0.3) is 0 Å². The first-order valence-corrected chi connectivity index (χ1v) is 12.6. The molecule has 0 amide bonds. The van der Waals surface area contributed by atoms with E-state index in [1.54, 1.807) is 16.8 Å². The van der Waals surface area contributed by atoms with Gasteiger partial charge in [-0.15, -0.1) is 5.10 Å². The third-order valence-electron chi connectivity index (χ3n) is 5.80. The minimum Gasteiger partial charge on any atom is -0.459 e. The van der Waals surface area contributed by atoms with Crippen LogP contribution in [0, 0.1) is 5.82 Å². The Morgan fingerprint density at radius 2 is 1.86 bits per heavy atom. The molecule has 1 aliphatic rings. The third kappa shape index (κ3) is 5.42. The van der Waals surface area contributed by atoms with Gasteiger partial charge in [0.15, 0.2) is 0 Å². The Hall–Kier alpha value is -3.13. The van der Waals surface area contributed by atoms with Gasteiger partial charge in [-0.2, -0.15) is 4.98 Å². The van der Waals surface area contributed by atoms with Crippen molar-refractivity contribution in [1.82, 2.24) is 14.8 Å². The fourth-order valence-electron chi connectivity index (χ4n) is 3.97. The van der Waals surface area contributed by atoms with Gasteiger partial charge in [-0.25, -0.2) is 13.9 Å². The van der Waals surface area contributed by atoms with E-state index in [1.807, 2.05) is 39.0 Å². The van der Waals surface area contributed by atoms with Gasteiger partial charge in [-0.3, -0.25) is 0 Å². The molecule has 2 heterocycles. The van der Waals surface area contributed by atoms with Crippen molar-refractivity contribution in [3.05, 3.63) is 82.3 Å². The smallest absolute Gasteiger partial charge is 0.338 e. The number of nitrogens with zero attached hydrogens (tertiary/aromatic N) is 3. The van der Waals surface area contributed by atoms with E-state index in [4.69, 9.17) is 9.84 Å². The summed E-state index contributed by atoms with van der Waals surface area (Å²) < 4.78 is 21.4. The summed E-state index contributed by atoms with van der Waals surface area (Å²) in [5.41, 5.74) is 3.86. The van der Waals surface area contributed by atoms with E-state index in [0.717, 1.165) is 5.56 Å². The maximum Gasteiger partial charge on any atom is 0.338 e. The predicted molar refractivity (Wildman–Crippen MR) is 137 cm³/mol. The number of hydrogen-bond donors (Lipinski definition) is 1. The normalized spacial score (nSPS) is 15.7. The molecular formula is C27H31FN4O2S. The summed E-state index contributed by atoms with van der Waals surface area (Å²) in [7, 11) is 0. The number of fused-ring (bicyclic) bond motifs is 1. The van der Waals surface area contributed by atoms with E-state index >= 15 is 0 Å². The second kappa shape index (κ2) is 9.85. The minimum atomic E-state index is -0.498. The second-order valence-electron chi connectivity index (χ2n) is 9.93. The molecule has 0 fully saturated rings. The van der Waals surface area contributed by atoms with Gasteiger partial charge in [0.1, 0.15) is 11.9 Å². The van der Waals surface area contributed by atoms with Crippen LogP contribution < -0.4 is 5.32 Å². The van der Waals surface area contributed by atoms with E-state index in [0.29, 0.717) is 33.7 Å². The number of ether oxygens (including phenoxy) is 1. The van der Waals surface area contributed by atoms with Crippen molar-refractivity contribution < 1.29 is 13.9 Å². The van der Waals surface area contributed by atoms with Gasteiger partial charge in [0.05, 0.1) is 11.7 Å². The van der Waals surface area contributed by atoms with Crippen LogP contribution in [-0.4, -0.2) is 26.8 Å². The Morgan fingerprint density at radius 3 is 2.49 bits per heavy atom. The van der Waals surface area contributed by atoms with Crippen LogP contribution >= 0.6 is 11.8 Å². The minimum absolute atomic E-state index is 0.00669. The topological polar surface area (TPSA) is 69.0 Å². The lowest BCUT2D eigenvalue weighted by Crippen LogP contribution is -2.30. The van der Waals surface area contributed by atoms with E-state index in [9.17, 15) is 9.18 Å². The summed E-state index contributed by atoms with van der Waals surface area (Å²) in [6.45, 7) is 12.0. The number of esters is 1. The zero-order valence-electron chi connectivity index (χ0n) is 20.9. The predicted octanol–water partition coefficient (Wildman–Crippen LogP) is 6.25. The molecule has 1 atom stereocenters. The first-order chi connectivity index (χ1) is 16.5. The van der Waals surface area contributed by atoms with Gasteiger partial charge in [0, 0.05) is 11.4 Å². The molecule has 0 aliphatic carbocycles. The summed E-state index contributed by atoms with van der Waals surface area (Å²) in [6.07, 6.45) is -0.254. The summed E-state index contributed by atoms with van der Waals surface area (Å²) in [4.78, 5) is 17.8. The van der Waals surface area contributed by atoms with Gasteiger partial charge < -0.3 is 10.1 Å². The van der Waals surface area contributed by atoms with Crippen LogP contribution in [0.5, 0.6) is 0 Å². The fourth-order valence-corrected chi connectivity index (χ4v) is 4.78. The summed E-state index contributed by atoms with van der Waals surface area (Å²) in [5, 5.41) is 8.42. The Bertz CT molecular complexity index is 1260. The molecule has 1 aromatic heterocycles. The van der Waals surface area contributed by atoms with Crippen LogP contribution in [0.1, 0.15) is 64.3 Å². The number of allylic oxidation sites excluding steroid dienone is 1. The van der Waals surface area contributed by atoms with Gasteiger partial charge in [0.2, 0.25) is 11.1 Å². The molecule has 6 nitrogen and oxygen atoms in total. The lowest BCUT2D eigenvalue weighted by atomic mass is 9.85. The van der Waals surface area contributed by atoms with E-state index in [1.165, 1.54) is 23.4 Å². The number of nitrogens with one attached hydrogen (secondary N) is 1. The molecule has 184 valence electrons. The first-order valence-electron chi connectivity index (χ1n) is 11.7. The fraction of sp³-hybridized carbons (Fsp3) is 0.370. The molecule has 8 heteroatoms. The monoisotopic (exact) mass is 494 g/mol. The third-order valence-corrected chi connectivity index (χ3v) is 6.69. The zero-order valence-corrected chi connectivity index (χ0v) is 21.7. The highest BCUT2D eigenvalue weighted by Crippen LogP contribution is 2.38. The molecule has 1 aliphatic heterocycles. The van der Waals surface area contributed by atoms with Crippen LogP contribution in [0.15, 0.2) is 65.0 Å². The molecule has 3 aromatic rings. The SMILES string of the molecule is CC1=C(C(=O)OC(C)C)C(c2ccc(C(C)(C)C)cc2)n2nc(SCc3ccccc3F)nc2N1. The standard InChI is InChI=1S/C27H31FN4O2S/c1-16(2)34-24(33)22-17(3)29-25-30-26(35-15-19-9-7-8-10-21(19)28)31-32(25)23(22)18-11-13-20(14-12-18)27(4,5)6/h7-14,16,23H,15H2,1-6H3,(H,29,30,31). The first kappa shape index (κ1) is 25.0. The molecule has 0 saturated heterocycles. The van der Waals surface area contributed by atoms with Crippen LogP contribution in [-0.2, 0) is 20.7 Å². The molecule has 35 heavy (non-hydrogen) atoms. The number of hydrogen-bond acceptors (Lipinski definition) is 6. The average Bonchev–Trinajstić information content (AvgIpc) is 3.19. The van der Waals surface area contributed by atoms with Gasteiger partial charge >= 0.3 is 5.97 Å². The van der Waals surface area contributed by atoms with E-state index < -0.39 is 12.0 Å². The zero-order chi connectivity index (χ0) is 25.3. The Balaban J connectivity index is 1.72. The number of rotatable bonds is 6. The van der Waals surface area contributed by atoms with Crippen molar-refractivity contribution in [3.8, 4) is 0 Å². The summed E-state index contributed by atoms with van der Waals surface area (Å²) in [5.74, 6) is 0.284. The molecule has 0 spiro atoms. The number of aromatic nitrogens is 3. The van der Waals surface area contributed by atoms with Crippen molar-refractivity contribution in [2.75, 3.05) is 5.32 Å². The summed E-state index contributed by atoms with van der Waals surface area (Å²) in [6, 6.07) is 14.4.